The standard InChI is InChI=1S/C10H14O5/c1-13-10(12)4-6-2-8-9(14-6)3-7(5-11)15-8/h5-9H,2-4H2,1H3/t6-,7+,8+,9+/m0/s1. The van der Waals surface area contributed by atoms with Crippen LogP contribution in [-0.2, 0) is 23.8 Å². The Morgan fingerprint density at radius 3 is 2.73 bits per heavy atom. The molecule has 15 heavy (non-hydrogen) atoms. The Morgan fingerprint density at radius 2 is 2.13 bits per heavy atom. The summed E-state index contributed by atoms with van der Waals surface area (Å²) in [6, 6.07) is 0. The van der Waals surface area contributed by atoms with Crippen LogP contribution in [-0.4, -0.2) is 43.8 Å². The van der Waals surface area contributed by atoms with Gasteiger partial charge in [0, 0.05) is 12.8 Å². The molecule has 2 aliphatic rings. The lowest BCUT2D eigenvalue weighted by molar-refractivity contribution is -0.143. The van der Waals surface area contributed by atoms with Crippen LogP contribution in [0.25, 0.3) is 0 Å². The van der Waals surface area contributed by atoms with Crippen LogP contribution in [0.5, 0.6) is 0 Å². The molecule has 0 aromatic heterocycles. The van der Waals surface area contributed by atoms with Gasteiger partial charge in [-0.1, -0.05) is 0 Å². The third-order valence-electron chi connectivity index (χ3n) is 2.87. The maximum atomic E-state index is 11.0. The van der Waals surface area contributed by atoms with Gasteiger partial charge in [-0.15, -0.1) is 0 Å². The molecule has 0 saturated carbocycles. The first-order valence-corrected chi connectivity index (χ1v) is 5.06. The molecule has 0 bridgehead atoms. The summed E-state index contributed by atoms with van der Waals surface area (Å²) in [5.41, 5.74) is 0. The van der Waals surface area contributed by atoms with Crippen LogP contribution < -0.4 is 0 Å². The molecule has 2 aliphatic heterocycles. The number of carbonyl (C=O) groups excluding carboxylic acids is 2. The third kappa shape index (κ3) is 2.18. The Balaban J connectivity index is 1.83. The van der Waals surface area contributed by atoms with E-state index in [0.717, 1.165) is 6.29 Å². The molecule has 4 atom stereocenters. The number of aldehydes is 1. The lowest BCUT2D eigenvalue weighted by Gasteiger charge is -2.11. The van der Waals surface area contributed by atoms with Crippen molar-refractivity contribution >= 4 is 12.3 Å². The SMILES string of the molecule is COC(=O)C[C@@H]1C[C@H]2O[C@@H](C=O)C[C@H]2O1. The number of rotatable bonds is 3. The number of ether oxygens (including phenoxy) is 3. The van der Waals surface area contributed by atoms with Gasteiger partial charge in [-0.2, -0.15) is 0 Å². The van der Waals surface area contributed by atoms with Gasteiger partial charge in [-0.25, -0.2) is 0 Å². The lowest BCUT2D eigenvalue weighted by Crippen LogP contribution is -2.18. The molecule has 0 unspecified atom stereocenters. The third-order valence-corrected chi connectivity index (χ3v) is 2.87. The fourth-order valence-electron chi connectivity index (χ4n) is 2.15. The zero-order chi connectivity index (χ0) is 10.8. The minimum absolute atomic E-state index is 0.0325. The van der Waals surface area contributed by atoms with Crippen molar-refractivity contribution in [3.05, 3.63) is 0 Å². The number of esters is 1. The first kappa shape index (κ1) is 10.6. The summed E-state index contributed by atoms with van der Waals surface area (Å²) < 4.78 is 15.6. The summed E-state index contributed by atoms with van der Waals surface area (Å²) in [6.07, 6.45) is 1.81. The second kappa shape index (κ2) is 4.28. The van der Waals surface area contributed by atoms with Gasteiger partial charge in [0.15, 0.2) is 0 Å². The molecule has 2 fully saturated rings. The highest BCUT2D eigenvalue weighted by Gasteiger charge is 2.44. The predicted octanol–water partition coefficient (Wildman–Crippen LogP) is 0.0634. The van der Waals surface area contributed by atoms with Crippen LogP contribution in [0.15, 0.2) is 0 Å². The molecule has 0 aliphatic carbocycles. The van der Waals surface area contributed by atoms with Gasteiger partial charge in [-0.3, -0.25) is 4.79 Å². The predicted molar refractivity (Wildman–Crippen MR) is 49.3 cm³/mol. The second-order valence-corrected chi connectivity index (χ2v) is 3.90. The van der Waals surface area contributed by atoms with Gasteiger partial charge in [0.05, 0.1) is 31.8 Å². The van der Waals surface area contributed by atoms with E-state index in [2.05, 4.69) is 4.74 Å². The Morgan fingerprint density at radius 1 is 1.40 bits per heavy atom. The fraction of sp³-hybridized carbons (Fsp3) is 0.800. The molecule has 0 aromatic carbocycles. The van der Waals surface area contributed by atoms with E-state index in [0.29, 0.717) is 12.8 Å². The van der Waals surface area contributed by atoms with E-state index in [1.165, 1.54) is 7.11 Å². The molecule has 5 nitrogen and oxygen atoms in total. The van der Waals surface area contributed by atoms with Crippen molar-refractivity contribution in [1.82, 2.24) is 0 Å². The topological polar surface area (TPSA) is 61.8 Å². The molecule has 2 saturated heterocycles. The quantitative estimate of drug-likeness (QED) is 0.491. The zero-order valence-electron chi connectivity index (χ0n) is 8.55. The summed E-state index contributed by atoms with van der Waals surface area (Å²) in [5.74, 6) is -0.271. The van der Waals surface area contributed by atoms with Crippen molar-refractivity contribution in [3.8, 4) is 0 Å². The van der Waals surface area contributed by atoms with E-state index in [4.69, 9.17) is 9.47 Å². The Labute approximate surface area is 87.7 Å². The van der Waals surface area contributed by atoms with Gasteiger partial charge >= 0.3 is 5.97 Å². The van der Waals surface area contributed by atoms with Gasteiger partial charge in [0.2, 0.25) is 0 Å². The van der Waals surface area contributed by atoms with Gasteiger partial charge in [0.25, 0.3) is 0 Å². The highest BCUT2D eigenvalue weighted by molar-refractivity contribution is 5.69. The minimum atomic E-state index is -0.334. The van der Waals surface area contributed by atoms with Crippen LogP contribution in [0.1, 0.15) is 19.3 Å². The molecule has 0 aromatic rings. The van der Waals surface area contributed by atoms with Gasteiger partial charge < -0.3 is 19.0 Å². The Kier molecular flexibility index (Phi) is 3.02. The number of hydrogen-bond donors (Lipinski definition) is 0. The van der Waals surface area contributed by atoms with Crippen LogP contribution >= 0.6 is 0 Å². The largest absolute Gasteiger partial charge is 0.469 e. The highest BCUT2D eigenvalue weighted by atomic mass is 16.6. The van der Waals surface area contributed by atoms with E-state index in [9.17, 15) is 9.59 Å². The van der Waals surface area contributed by atoms with E-state index in [-0.39, 0.29) is 36.8 Å². The van der Waals surface area contributed by atoms with Crippen molar-refractivity contribution in [1.29, 1.82) is 0 Å². The van der Waals surface area contributed by atoms with Crippen molar-refractivity contribution < 1.29 is 23.8 Å². The first-order valence-electron chi connectivity index (χ1n) is 5.06. The maximum Gasteiger partial charge on any atom is 0.308 e. The Hall–Kier alpha value is -0.940. The highest BCUT2D eigenvalue weighted by Crippen LogP contribution is 2.34. The average Bonchev–Trinajstić information content (AvgIpc) is 2.74. The molecule has 0 spiro atoms. The summed E-state index contributed by atoms with van der Waals surface area (Å²) >= 11 is 0. The summed E-state index contributed by atoms with van der Waals surface area (Å²) in [4.78, 5) is 21.5. The van der Waals surface area contributed by atoms with Crippen molar-refractivity contribution in [2.45, 2.75) is 43.7 Å². The molecule has 0 amide bonds. The first-order chi connectivity index (χ1) is 7.22. The lowest BCUT2D eigenvalue weighted by atomic mass is 10.1. The number of fused-ring (bicyclic) bond motifs is 1. The van der Waals surface area contributed by atoms with Crippen LogP contribution in [0, 0.1) is 0 Å². The Bertz CT molecular complexity index is 251. The molecule has 5 heteroatoms. The normalized spacial score (nSPS) is 38.7. The van der Waals surface area contributed by atoms with Gasteiger partial charge in [0.1, 0.15) is 12.4 Å². The van der Waals surface area contributed by atoms with Crippen molar-refractivity contribution in [3.63, 3.8) is 0 Å². The van der Waals surface area contributed by atoms with Crippen LogP contribution in [0.3, 0.4) is 0 Å². The molecule has 84 valence electrons. The van der Waals surface area contributed by atoms with Crippen molar-refractivity contribution in [2.75, 3.05) is 7.11 Å². The summed E-state index contributed by atoms with van der Waals surface area (Å²) in [7, 11) is 1.36. The summed E-state index contributed by atoms with van der Waals surface area (Å²) in [5, 5.41) is 0. The molecule has 2 rings (SSSR count). The monoisotopic (exact) mass is 214 g/mol. The van der Waals surface area contributed by atoms with E-state index >= 15 is 0 Å². The zero-order valence-corrected chi connectivity index (χ0v) is 8.55. The number of carbonyl (C=O) groups is 2. The number of hydrogen-bond acceptors (Lipinski definition) is 5. The average molecular weight is 214 g/mol. The second-order valence-electron chi connectivity index (χ2n) is 3.90. The van der Waals surface area contributed by atoms with E-state index in [1.807, 2.05) is 0 Å². The van der Waals surface area contributed by atoms with E-state index in [1.54, 1.807) is 0 Å². The molecular formula is C10H14O5. The van der Waals surface area contributed by atoms with Crippen LogP contribution in [0.4, 0.5) is 0 Å². The fourth-order valence-corrected chi connectivity index (χ4v) is 2.15. The van der Waals surface area contributed by atoms with Gasteiger partial charge in [-0.05, 0) is 0 Å². The molecular weight excluding hydrogens is 200 g/mol. The van der Waals surface area contributed by atoms with Crippen molar-refractivity contribution in [2.24, 2.45) is 0 Å². The number of methoxy groups -OCH3 is 1. The van der Waals surface area contributed by atoms with E-state index < -0.39 is 0 Å². The molecule has 0 N–H and O–H groups in total. The molecule has 0 radical (unpaired) electrons. The minimum Gasteiger partial charge on any atom is -0.469 e. The smallest absolute Gasteiger partial charge is 0.308 e. The molecule has 2 heterocycles. The maximum absolute atomic E-state index is 11.0. The summed E-state index contributed by atoms with van der Waals surface area (Å²) in [6.45, 7) is 0. The van der Waals surface area contributed by atoms with Crippen LogP contribution in [0.2, 0.25) is 0 Å².